The summed E-state index contributed by atoms with van der Waals surface area (Å²) in [4.78, 5) is 15.1. The van der Waals surface area contributed by atoms with Gasteiger partial charge in [-0.2, -0.15) is 0 Å². The molecule has 0 spiro atoms. The molecular weight excluding hydrogens is 356 g/mol. The number of benzene rings is 1. The molecule has 8 heteroatoms. The maximum absolute atomic E-state index is 14.0. The zero-order valence-corrected chi connectivity index (χ0v) is 12.1. The highest BCUT2D eigenvalue weighted by Crippen LogP contribution is 2.43. The molecule has 1 aromatic heterocycles. The van der Waals surface area contributed by atoms with E-state index >= 15 is 0 Å². The second-order valence-corrected chi connectivity index (χ2v) is 5.96. The number of alkyl halides is 1. The average Bonchev–Trinajstić information content (AvgIpc) is 2.80. The lowest BCUT2D eigenvalue weighted by Gasteiger charge is -2.08. The van der Waals surface area contributed by atoms with Crippen molar-refractivity contribution in [2.24, 2.45) is 0 Å². The first-order valence-electron chi connectivity index (χ1n) is 5.47. The summed E-state index contributed by atoms with van der Waals surface area (Å²) in [7, 11) is 0. The zero-order valence-electron chi connectivity index (χ0n) is 9.69. The van der Waals surface area contributed by atoms with Gasteiger partial charge in [-0.05, 0) is 22.0 Å². The van der Waals surface area contributed by atoms with Gasteiger partial charge in [0.15, 0.2) is 6.17 Å². The molecule has 1 aliphatic heterocycles. The topological polar surface area (TPSA) is 59.4 Å². The van der Waals surface area contributed by atoms with Crippen LogP contribution in [0.1, 0.15) is 20.9 Å². The number of hydrogen-bond donors (Lipinski definition) is 1. The SMILES string of the molecule is O=C(O)c1nc2c(s1)C(F)COc1cc(F)c(Br)cc1-2. The van der Waals surface area contributed by atoms with Gasteiger partial charge in [0.2, 0.25) is 5.01 Å². The Balaban J connectivity index is 2.26. The summed E-state index contributed by atoms with van der Waals surface area (Å²) in [5.74, 6) is -1.62. The molecule has 104 valence electrons. The fourth-order valence-corrected chi connectivity index (χ4v) is 3.12. The normalized spacial score (nSPS) is 16.9. The Hall–Kier alpha value is -1.54. The van der Waals surface area contributed by atoms with Gasteiger partial charge in [-0.3, -0.25) is 0 Å². The number of aromatic carboxylic acids is 1. The van der Waals surface area contributed by atoms with Crippen LogP contribution in [0.3, 0.4) is 0 Å². The first kappa shape index (κ1) is 13.4. The lowest BCUT2D eigenvalue weighted by atomic mass is 10.1. The van der Waals surface area contributed by atoms with E-state index in [1.54, 1.807) is 0 Å². The van der Waals surface area contributed by atoms with Gasteiger partial charge in [-0.15, -0.1) is 11.3 Å². The summed E-state index contributed by atoms with van der Waals surface area (Å²) < 4.78 is 32.9. The monoisotopic (exact) mass is 361 g/mol. The smallest absolute Gasteiger partial charge is 0.365 e. The first-order valence-corrected chi connectivity index (χ1v) is 7.08. The molecule has 0 saturated heterocycles. The molecule has 0 radical (unpaired) electrons. The maximum Gasteiger partial charge on any atom is 0.365 e. The van der Waals surface area contributed by atoms with Crippen molar-refractivity contribution in [1.82, 2.24) is 4.98 Å². The minimum absolute atomic E-state index is 0.148. The van der Waals surface area contributed by atoms with Crippen molar-refractivity contribution >= 4 is 33.2 Å². The summed E-state index contributed by atoms with van der Waals surface area (Å²) in [5.41, 5.74) is 0.560. The fraction of sp³-hybridized carbons (Fsp3) is 0.167. The Kier molecular flexibility index (Phi) is 3.21. The fourth-order valence-electron chi connectivity index (χ4n) is 1.90. The van der Waals surface area contributed by atoms with Crippen molar-refractivity contribution in [1.29, 1.82) is 0 Å². The highest BCUT2D eigenvalue weighted by atomic mass is 79.9. The van der Waals surface area contributed by atoms with Gasteiger partial charge in [0.25, 0.3) is 0 Å². The third kappa shape index (κ3) is 2.08. The molecule has 1 aromatic carbocycles. The van der Waals surface area contributed by atoms with Crippen LogP contribution in [-0.4, -0.2) is 22.7 Å². The highest BCUT2D eigenvalue weighted by Gasteiger charge is 2.29. The van der Waals surface area contributed by atoms with Gasteiger partial charge in [0, 0.05) is 11.6 Å². The number of carboxylic acid groups (broad SMARTS) is 1. The first-order chi connectivity index (χ1) is 9.47. The Morgan fingerprint density at radius 1 is 1.55 bits per heavy atom. The zero-order chi connectivity index (χ0) is 14.4. The average molecular weight is 362 g/mol. The molecule has 20 heavy (non-hydrogen) atoms. The molecule has 4 nitrogen and oxygen atoms in total. The lowest BCUT2D eigenvalue weighted by molar-refractivity contribution is 0.0696. The van der Waals surface area contributed by atoms with Crippen molar-refractivity contribution in [3.05, 3.63) is 32.3 Å². The molecule has 1 N–H and O–H groups in total. The number of ether oxygens (including phenoxy) is 1. The standard InChI is InChI=1S/C12H6BrF2NO3S/c13-5-1-4-8(2-6(5)14)19-3-7(15)10-9(4)16-11(20-10)12(17)18/h1-2,7H,3H2,(H,17,18). The van der Waals surface area contributed by atoms with Gasteiger partial charge in [-0.25, -0.2) is 18.6 Å². The molecule has 2 aromatic rings. The molecule has 2 heterocycles. The number of hydrogen-bond acceptors (Lipinski definition) is 4. The molecule has 0 amide bonds. The van der Waals surface area contributed by atoms with Gasteiger partial charge < -0.3 is 9.84 Å². The number of halogens is 3. The number of nitrogens with zero attached hydrogens (tertiary/aromatic N) is 1. The van der Waals surface area contributed by atoms with E-state index in [0.29, 0.717) is 5.56 Å². The minimum atomic E-state index is -1.50. The van der Waals surface area contributed by atoms with E-state index in [1.807, 2.05) is 0 Å². The van der Waals surface area contributed by atoms with Crippen LogP contribution in [0.5, 0.6) is 5.75 Å². The lowest BCUT2D eigenvalue weighted by Crippen LogP contribution is -2.02. The summed E-state index contributed by atoms with van der Waals surface area (Å²) in [6.45, 7) is -0.303. The molecule has 1 atom stereocenters. The van der Waals surface area contributed by atoms with E-state index in [2.05, 4.69) is 20.9 Å². The van der Waals surface area contributed by atoms with Gasteiger partial charge in [0.1, 0.15) is 18.2 Å². The largest absolute Gasteiger partial charge is 0.489 e. The van der Waals surface area contributed by atoms with E-state index < -0.39 is 18.0 Å². The quantitative estimate of drug-likeness (QED) is 0.838. The van der Waals surface area contributed by atoms with Crippen LogP contribution in [0.15, 0.2) is 16.6 Å². The Morgan fingerprint density at radius 2 is 2.30 bits per heavy atom. The molecule has 0 saturated carbocycles. The van der Waals surface area contributed by atoms with Crippen LogP contribution in [0.25, 0.3) is 11.3 Å². The second-order valence-electron chi connectivity index (χ2n) is 4.08. The van der Waals surface area contributed by atoms with E-state index in [1.165, 1.54) is 6.07 Å². The highest BCUT2D eigenvalue weighted by molar-refractivity contribution is 9.10. The van der Waals surface area contributed by atoms with Crippen LogP contribution >= 0.6 is 27.3 Å². The molecular formula is C12H6BrF2NO3S. The van der Waals surface area contributed by atoms with E-state index in [4.69, 9.17) is 9.84 Å². The van der Waals surface area contributed by atoms with Crippen molar-refractivity contribution in [3.63, 3.8) is 0 Å². The Bertz CT molecular complexity index is 719. The summed E-state index contributed by atoms with van der Waals surface area (Å²) in [6.07, 6.45) is -1.50. The molecule has 0 bridgehead atoms. The van der Waals surface area contributed by atoms with Crippen LogP contribution < -0.4 is 4.74 Å². The summed E-state index contributed by atoms with van der Waals surface area (Å²) >= 11 is 3.80. The number of aromatic nitrogens is 1. The van der Waals surface area contributed by atoms with Gasteiger partial charge in [0.05, 0.1) is 15.0 Å². The van der Waals surface area contributed by atoms with Crippen molar-refractivity contribution in [2.75, 3.05) is 6.61 Å². The van der Waals surface area contributed by atoms with E-state index in [-0.39, 0.29) is 32.4 Å². The number of thiazole rings is 1. The third-order valence-corrected chi connectivity index (χ3v) is 4.52. The molecule has 0 aliphatic carbocycles. The van der Waals surface area contributed by atoms with Crippen LogP contribution in [0, 0.1) is 5.82 Å². The van der Waals surface area contributed by atoms with Crippen molar-refractivity contribution < 1.29 is 23.4 Å². The molecule has 1 aliphatic rings. The maximum atomic E-state index is 14.0. The molecule has 0 fully saturated rings. The number of fused-ring (bicyclic) bond motifs is 3. The molecule has 3 rings (SSSR count). The number of rotatable bonds is 1. The van der Waals surface area contributed by atoms with Crippen molar-refractivity contribution in [3.8, 4) is 17.0 Å². The number of carboxylic acids is 1. The van der Waals surface area contributed by atoms with Crippen molar-refractivity contribution in [2.45, 2.75) is 6.17 Å². The van der Waals surface area contributed by atoms with E-state index in [9.17, 15) is 13.6 Å². The second kappa shape index (κ2) is 4.78. The Morgan fingerprint density at radius 3 is 3.00 bits per heavy atom. The van der Waals surface area contributed by atoms with Crippen LogP contribution in [-0.2, 0) is 0 Å². The summed E-state index contributed by atoms with van der Waals surface area (Å²) in [6, 6.07) is 2.54. The van der Waals surface area contributed by atoms with Crippen LogP contribution in [0.2, 0.25) is 0 Å². The number of carbonyl (C=O) groups is 1. The van der Waals surface area contributed by atoms with E-state index in [0.717, 1.165) is 17.4 Å². The molecule has 1 unspecified atom stereocenters. The predicted octanol–water partition coefficient (Wildman–Crippen LogP) is 3.81. The van der Waals surface area contributed by atoms with Gasteiger partial charge in [-0.1, -0.05) is 0 Å². The predicted molar refractivity (Wildman–Crippen MR) is 71.5 cm³/mol. The van der Waals surface area contributed by atoms with Crippen LogP contribution in [0.4, 0.5) is 8.78 Å². The van der Waals surface area contributed by atoms with Gasteiger partial charge >= 0.3 is 5.97 Å². The third-order valence-electron chi connectivity index (χ3n) is 2.78. The Labute approximate surface area is 124 Å². The summed E-state index contributed by atoms with van der Waals surface area (Å²) in [5, 5.41) is 8.76. The minimum Gasteiger partial charge on any atom is -0.489 e.